The third-order valence-electron chi connectivity index (χ3n) is 2.40. The molecule has 1 aromatic rings. The second kappa shape index (κ2) is 7.04. The number of rotatable bonds is 6. The number of benzene rings is 1. The number of hydrogen-bond donors (Lipinski definition) is 0. The molecule has 0 aliphatic heterocycles. The van der Waals surface area contributed by atoms with Gasteiger partial charge in [0.05, 0.1) is 6.42 Å². The molecule has 0 aliphatic carbocycles. The smallest absolute Gasteiger partial charge is 0.310 e. The van der Waals surface area contributed by atoms with Crippen molar-refractivity contribution in [3.05, 3.63) is 42.3 Å². The SMILES string of the molecule is CCC[CH]C(=O)OC(CC)c1ccccc1. The van der Waals surface area contributed by atoms with Crippen molar-refractivity contribution in [3.63, 3.8) is 0 Å². The highest BCUT2D eigenvalue weighted by Gasteiger charge is 2.13. The van der Waals surface area contributed by atoms with E-state index in [1.165, 1.54) is 0 Å². The molecule has 1 radical (unpaired) electrons. The fourth-order valence-corrected chi connectivity index (χ4v) is 1.51. The highest BCUT2D eigenvalue weighted by Crippen LogP contribution is 2.21. The van der Waals surface area contributed by atoms with E-state index >= 15 is 0 Å². The average Bonchev–Trinajstić information content (AvgIpc) is 2.34. The zero-order valence-electron chi connectivity index (χ0n) is 9.98. The van der Waals surface area contributed by atoms with E-state index in [0.717, 1.165) is 24.8 Å². The molecule has 0 N–H and O–H groups in total. The van der Waals surface area contributed by atoms with Crippen LogP contribution in [0.25, 0.3) is 0 Å². The van der Waals surface area contributed by atoms with Crippen LogP contribution in [0.3, 0.4) is 0 Å². The van der Waals surface area contributed by atoms with E-state index in [0.29, 0.717) is 0 Å². The Hall–Kier alpha value is -1.31. The lowest BCUT2D eigenvalue weighted by Gasteiger charge is -2.16. The van der Waals surface area contributed by atoms with Crippen molar-refractivity contribution in [2.75, 3.05) is 0 Å². The molecular formula is C14H19O2. The van der Waals surface area contributed by atoms with Crippen LogP contribution in [-0.2, 0) is 9.53 Å². The molecule has 0 aromatic heterocycles. The van der Waals surface area contributed by atoms with E-state index in [2.05, 4.69) is 0 Å². The number of ether oxygens (including phenoxy) is 1. The van der Waals surface area contributed by atoms with Crippen molar-refractivity contribution in [2.24, 2.45) is 0 Å². The average molecular weight is 219 g/mol. The third-order valence-corrected chi connectivity index (χ3v) is 2.40. The van der Waals surface area contributed by atoms with Gasteiger partial charge in [-0.3, -0.25) is 4.79 Å². The Balaban J connectivity index is 2.52. The molecule has 2 heteroatoms. The summed E-state index contributed by atoms with van der Waals surface area (Å²) in [5.74, 6) is -0.211. The van der Waals surface area contributed by atoms with Crippen LogP contribution in [-0.4, -0.2) is 5.97 Å². The van der Waals surface area contributed by atoms with Crippen molar-refractivity contribution < 1.29 is 9.53 Å². The molecule has 0 heterocycles. The number of carbonyl (C=O) groups excluding carboxylic acids is 1. The molecule has 0 amide bonds. The van der Waals surface area contributed by atoms with Gasteiger partial charge in [-0.1, -0.05) is 50.6 Å². The molecular weight excluding hydrogens is 200 g/mol. The molecule has 0 saturated heterocycles. The van der Waals surface area contributed by atoms with E-state index < -0.39 is 0 Å². The molecule has 2 nitrogen and oxygen atoms in total. The zero-order valence-corrected chi connectivity index (χ0v) is 9.98. The topological polar surface area (TPSA) is 26.3 Å². The molecule has 1 unspecified atom stereocenters. The number of carbonyl (C=O) groups is 1. The first kappa shape index (κ1) is 12.8. The van der Waals surface area contributed by atoms with Crippen molar-refractivity contribution in [1.29, 1.82) is 0 Å². The first-order chi connectivity index (χ1) is 7.77. The normalized spacial score (nSPS) is 12.1. The predicted molar refractivity (Wildman–Crippen MR) is 64.8 cm³/mol. The van der Waals surface area contributed by atoms with Crippen molar-refractivity contribution >= 4 is 5.97 Å². The van der Waals surface area contributed by atoms with Crippen LogP contribution in [0.15, 0.2) is 30.3 Å². The van der Waals surface area contributed by atoms with Crippen molar-refractivity contribution in [1.82, 2.24) is 0 Å². The van der Waals surface area contributed by atoms with Gasteiger partial charge >= 0.3 is 5.97 Å². The van der Waals surface area contributed by atoms with Crippen LogP contribution in [0, 0.1) is 6.42 Å². The van der Waals surface area contributed by atoms with Gasteiger partial charge in [0.2, 0.25) is 0 Å². The Labute approximate surface area is 97.6 Å². The van der Waals surface area contributed by atoms with Gasteiger partial charge in [0, 0.05) is 0 Å². The first-order valence-electron chi connectivity index (χ1n) is 5.86. The van der Waals surface area contributed by atoms with E-state index in [1.54, 1.807) is 6.42 Å². The van der Waals surface area contributed by atoms with Crippen molar-refractivity contribution in [2.45, 2.75) is 39.2 Å². The minimum Gasteiger partial charge on any atom is -0.457 e. The van der Waals surface area contributed by atoms with E-state index in [-0.39, 0.29) is 12.1 Å². The Morgan fingerprint density at radius 1 is 1.31 bits per heavy atom. The lowest BCUT2D eigenvalue weighted by Crippen LogP contribution is -2.11. The Morgan fingerprint density at radius 3 is 2.56 bits per heavy atom. The molecule has 1 rings (SSSR count). The van der Waals surface area contributed by atoms with Crippen LogP contribution in [0.4, 0.5) is 0 Å². The fourth-order valence-electron chi connectivity index (χ4n) is 1.51. The first-order valence-corrected chi connectivity index (χ1v) is 5.86. The molecule has 0 fully saturated rings. The summed E-state index contributed by atoms with van der Waals surface area (Å²) in [6.45, 7) is 4.06. The number of esters is 1. The number of unbranched alkanes of at least 4 members (excludes halogenated alkanes) is 1. The molecule has 0 aliphatic rings. The van der Waals surface area contributed by atoms with Gasteiger partial charge in [-0.2, -0.15) is 0 Å². The summed E-state index contributed by atoms with van der Waals surface area (Å²) in [6, 6.07) is 9.85. The third kappa shape index (κ3) is 4.05. The molecule has 1 atom stereocenters. The van der Waals surface area contributed by atoms with Gasteiger partial charge in [0.1, 0.15) is 6.10 Å². The van der Waals surface area contributed by atoms with Gasteiger partial charge in [-0.15, -0.1) is 0 Å². The molecule has 0 spiro atoms. The minimum atomic E-state index is -0.211. The monoisotopic (exact) mass is 219 g/mol. The predicted octanol–water partition coefficient (Wildman–Crippen LogP) is 3.69. The Kier molecular flexibility index (Phi) is 5.62. The molecule has 0 bridgehead atoms. The van der Waals surface area contributed by atoms with Gasteiger partial charge in [0.15, 0.2) is 0 Å². The summed E-state index contributed by atoms with van der Waals surface area (Å²) >= 11 is 0. The lowest BCUT2D eigenvalue weighted by molar-refractivity contribution is -0.145. The van der Waals surface area contributed by atoms with Gasteiger partial charge in [0.25, 0.3) is 0 Å². The van der Waals surface area contributed by atoms with Crippen LogP contribution in [0.5, 0.6) is 0 Å². The summed E-state index contributed by atoms with van der Waals surface area (Å²) in [4.78, 5) is 11.5. The second-order valence-corrected chi connectivity index (χ2v) is 3.74. The van der Waals surface area contributed by atoms with Crippen LogP contribution in [0.2, 0.25) is 0 Å². The van der Waals surface area contributed by atoms with E-state index in [9.17, 15) is 4.79 Å². The quantitative estimate of drug-likeness (QED) is 0.682. The standard InChI is InChI=1S/C14H19O2/c1-3-5-11-14(15)16-13(4-2)12-9-7-6-8-10-12/h6-11,13H,3-5H2,1-2H3. The maximum absolute atomic E-state index is 11.5. The fraction of sp³-hybridized carbons (Fsp3) is 0.429. The van der Waals surface area contributed by atoms with E-state index in [4.69, 9.17) is 4.74 Å². The summed E-state index contributed by atoms with van der Waals surface area (Å²) in [6.07, 6.45) is 4.05. The highest BCUT2D eigenvalue weighted by atomic mass is 16.5. The Morgan fingerprint density at radius 2 is 2.00 bits per heavy atom. The largest absolute Gasteiger partial charge is 0.457 e. The van der Waals surface area contributed by atoms with Crippen LogP contribution >= 0.6 is 0 Å². The van der Waals surface area contributed by atoms with E-state index in [1.807, 2.05) is 44.2 Å². The zero-order chi connectivity index (χ0) is 11.8. The van der Waals surface area contributed by atoms with Gasteiger partial charge < -0.3 is 4.74 Å². The summed E-state index contributed by atoms with van der Waals surface area (Å²) in [5, 5.41) is 0. The molecule has 16 heavy (non-hydrogen) atoms. The van der Waals surface area contributed by atoms with Crippen LogP contribution < -0.4 is 0 Å². The molecule has 0 saturated carbocycles. The maximum atomic E-state index is 11.5. The molecule has 1 aromatic carbocycles. The minimum absolute atomic E-state index is 0.123. The van der Waals surface area contributed by atoms with Crippen LogP contribution in [0.1, 0.15) is 44.8 Å². The highest BCUT2D eigenvalue weighted by molar-refractivity contribution is 5.78. The Bertz CT molecular complexity index is 306. The maximum Gasteiger partial charge on any atom is 0.310 e. The lowest BCUT2D eigenvalue weighted by atomic mass is 10.1. The summed E-state index contributed by atoms with van der Waals surface area (Å²) in [7, 11) is 0. The second-order valence-electron chi connectivity index (χ2n) is 3.74. The summed E-state index contributed by atoms with van der Waals surface area (Å²) < 4.78 is 5.39. The summed E-state index contributed by atoms with van der Waals surface area (Å²) in [5.41, 5.74) is 1.06. The van der Waals surface area contributed by atoms with Gasteiger partial charge in [-0.25, -0.2) is 0 Å². The van der Waals surface area contributed by atoms with Gasteiger partial charge in [-0.05, 0) is 18.4 Å². The number of hydrogen-bond acceptors (Lipinski definition) is 2. The molecule has 87 valence electrons. The van der Waals surface area contributed by atoms with Crippen molar-refractivity contribution in [3.8, 4) is 0 Å².